The first-order valence-corrected chi connectivity index (χ1v) is 8.58. The van der Waals surface area contributed by atoms with Gasteiger partial charge in [-0.3, -0.25) is 0 Å². The molecule has 0 aromatic heterocycles. The molecule has 0 nitrogen and oxygen atoms in total. The van der Waals surface area contributed by atoms with Gasteiger partial charge in [-0.05, 0) is 0 Å². The van der Waals surface area contributed by atoms with Gasteiger partial charge in [-0.1, -0.05) is 0 Å². The second kappa shape index (κ2) is 4.90. The van der Waals surface area contributed by atoms with Crippen molar-refractivity contribution in [3.05, 3.63) is 59.7 Å². The van der Waals surface area contributed by atoms with Crippen LogP contribution in [0, 0.1) is 13.8 Å². The normalized spacial score (nSPS) is 10.3. The van der Waals surface area contributed by atoms with Crippen LogP contribution in [0.3, 0.4) is 0 Å². The van der Waals surface area contributed by atoms with Crippen LogP contribution in [0.25, 0.3) is 0 Å². The van der Waals surface area contributed by atoms with E-state index in [-0.39, 0.29) is 0 Å². The van der Waals surface area contributed by atoms with Gasteiger partial charge in [0.05, 0.1) is 0 Å². The Balaban J connectivity index is 2.30. The Morgan fingerprint density at radius 2 is 1.07 bits per heavy atom. The molecule has 2 aromatic carbocycles. The first-order valence-electron chi connectivity index (χ1n) is 5.10. The summed E-state index contributed by atoms with van der Waals surface area (Å²) >= 11 is -0.692. The fraction of sp³-hybridized carbons (Fsp3) is 0.143. The van der Waals surface area contributed by atoms with Crippen LogP contribution in [0.5, 0.6) is 0 Å². The number of rotatable bonds is 2. The van der Waals surface area contributed by atoms with Gasteiger partial charge in [0.2, 0.25) is 0 Å². The van der Waals surface area contributed by atoms with Crippen LogP contribution in [-0.4, -0.2) is 23.2 Å². The molecule has 1 radical (unpaired) electrons. The Hall–Kier alpha value is -0.677. The SMILES string of the molecule is Cc1cccc[c]1[Bi][c]1ccccc1C. The maximum absolute atomic E-state index is 2.29. The van der Waals surface area contributed by atoms with Crippen LogP contribution in [0.1, 0.15) is 11.1 Å². The summed E-state index contributed by atoms with van der Waals surface area (Å²) in [5.41, 5.74) is 2.91. The Morgan fingerprint density at radius 3 is 1.47 bits per heavy atom. The zero-order chi connectivity index (χ0) is 10.7. The average Bonchev–Trinajstić information content (AvgIpc) is 2.24. The number of benzene rings is 2. The zero-order valence-electron chi connectivity index (χ0n) is 9.07. The predicted octanol–water partition coefficient (Wildman–Crippen LogP) is 1.96. The molecule has 0 aliphatic rings. The molecule has 0 fully saturated rings. The molecule has 0 amide bonds. The Bertz CT molecular complexity index is 417. The maximum atomic E-state index is 2.29. The van der Waals surface area contributed by atoms with E-state index in [1.807, 2.05) is 0 Å². The van der Waals surface area contributed by atoms with Crippen LogP contribution >= 0.6 is 0 Å². The third-order valence-corrected chi connectivity index (χ3v) is 8.25. The van der Waals surface area contributed by atoms with Crippen molar-refractivity contribution in [1.29, 1.82) is 0 Å². The molecule has 0 heterocycles. The van der Waals surface area contributed by atoms with Gasteiger partial charge in [-0.15, -0.1) is 0 Å². The zero-order valence-corrected chi connectivity index (χ0v) is 12.5. The topological polar surface area (TPSA) is 0 Å². The van der Waals surface area contributed by atoms with Gasteiger partial charge in [0.15, 0.2) is 0 Å². The van der Waals surface area contributed by atoms with E-state index < -0.39 is 23.2 Å². The van der Waals surface area contributed by atoms with Gasteiger partial charge in [0, 0.05) is 0 Å². The fourth-order valence-corrected chi connectivity index (χ4v) is 5.72. The minimum atomic E-state index is -0.692. The molecule has 0 saturated heterocycles. The van der Waals surface area contributed by atoms with Crippen LogP contribution in [0.4, 0.5) is 0 Å². The Labute approximate surface area is 103 Å². The van der Waals surface area contributed by atoms with Crippen molar-refractivity contribution in [2.75, 3.05) is 0 Å². The van der Waals surface area contributed by atoms with Gasteiger partial charge in [0.25, 0.3) is 0 Å². The van der Waals surface area contributed by atoms with Crippen LogP contribution in [-0.2, 0) is 0 Å². The minimum absolute atomic E-state index is 0.692. The molecule has 2 rings (SSSR count). The van der Waals surface area contributed by atoms with Crippen LogP contribution < -0.4 is 6.54 Å². The molecule has 0 saturated carbocycles. The second-order valence-electron chi connectivity index (χ2n) is 3.68. The van der Waals surface area contributed by atoms with Crippen molar-refractivity contribution in [1.82, 2.24) is 0 Å². The summed E-state index contributed by atoms with van der Waals surface area (Å²) in [6, 6.07) is 17.6. The first-order chi connectivity index (χ1) is 7.27. The van der Waals surface area contributed by atoms with Gasteiger partial charge in [-0.2, -0.15) is 0 Å². The van der Waals surface area contributed by atoms with Crippen molar-refractivity contribution in [3.8, 4) is 0 Å². The summed E-state index contributed by atoms with van der Waals surface area (Å²) in [5, 5.41) is 0. The summed E-state index contributed by atoms with van der Waals surface area (Å²) in [6.45, 7) is 4.44. The average molecular weight is 391 g/mol. The molecule has 0 unspecified atom stereocenters. The summed E-state index contributed by atoms with van der Waals surface area (Å²) in [5.74, 6) is 0. The molecule has 0 aliphatic heterocycles. The van der Waals surface area contributed by atoms with Gasteiger partial charge < -0.3 is 0 Å². The van der Waals surface area contributed by atoms with E-state index in [1.54, 1.807) is 6.54 Å². The molecular weight excluding hydrogens is 377 g/mol. The van der Waals surface area contributed by atoms with E-state index in [0.717, 1.165) is 0 Å². The quantitative estimate of drug-likeness (QED) is 0.687. The van der Waals surface area contributed by atoms with Gasteiger partial charge in [0.1, 0.15) is 0 Å². The molecule has 0 atom stereocenters. The van der Waals surface area contributed by atoms with Crippen molar-refractivity contribution >= 4 is 29.8 Å². The summed E-state index contributed by atoms with van der Waals surface area (Å²) in [6.07, 6.45) is 0. The number of hydrogen-bond acceptors (Lipinski definition) is 0. The van der Waals surface area contributed by atoms with E-state index in [0.29, 0.717) is 0 Å². The molecule has 15 heavy (non-hydrogen) atoms. The molecule has 0 N–H and O–H groups in total. The monoisotopic (exact) mass is 391 g/mol. The summed E-state index contributed by atoms with van der Waals surface area (Å²) in [7, 11) is 0. The van der Waals surface area contributed by atoms with Gasteiger partial charge >= 0.3 is 103 Å². The van der Waals surface area contributed by atoms with Crippen molar-refractivity contribution < 1.29 is 0 Å². The molecule has 2 aromatic rings. The third-order valence-electron chi connectivity index (χ3n) is 2.47. The molecule has 0 spiro atoms. The van der Waals surface area contributed by atoms with Crippen LogP contribution in [0.2, 0.25) is 0 Å². The van der Waals surface area contributed by atoms with E-state index in [1.165, 1.54) is 11.1 Å². The van der Waals surface area contributed by atoms with Crippen molar-refractivity contribution in [3.63, 3.8) is 0 Å². The van der Waals surface area contributed by atoms with Crippen LogP contribution in [0.15, 0.2) is 48.5 Å². The van der Waals surface area contributed by atoms with E-state index >= 15 is 0 Å². The molecule has 0 bridgehead atoms. The van der Waals surface area contributed by atoms with E-state index in [2.05, 4.69) is 62.4 Å². The molecule has 0 aliphatic carbocycles. The standard InChI is InChI=1S/2C7H7.Bi/c2*1-7-5-3-2-4-6-7;/h2*2-5H,1H3;. The number of hydrogen-bond donors (Lipinski definition) is 0. The van der Waals surface area contributed by atoms with E-state index in [9.17, 15) is 0 Å². The number of aryl methyl sites for hydroxylation is 2. The molecule has 75 valence electrons. The molecule has 1 heteroatoms. The predicted molar refractivity (Wildman–Crippen MR) is 67.4 cm³/mol. The fourth-order valence-electron chi connectivity index (χ4n) is 1.51. The Morgan fingerprint density at radius 1 is 0.667 bits per heavy atom. The first kappa shape index (κ1) is 10.8. The van der Waals surface area contributed by atoms with E-state index in [4.69, 9.17) is 0 Å². The Kier molecular flexibility index (Phi) is 3.54. The molecular formula is C14H14Bi. The second-order valence-corrected chi connectivity index (χ2v) is 8.30. The van der Waals surface area contributed by atoms with Crippen molar-refractivity contribution in [2.24, 2.45) is 0 Å². The van der Waals surface area contributed by atoms with Crippen molar-refractivity contribution in [2.45, 2.75) is 13.8 Å². The summed E-state index contributed by atoms with van der Waals surface area (Å²) < 4.78 is 3.21. The third kappa shape index (κ3) is 2.66. The van der Waals surface area contributed by atoms with Gasteiger partial charge in [-0.25, -0.2) is 0 Å². The summed E-state index contributed by atoms with van der Waals surface area (Å²) in [4.78, 5) is 0.